The van der Waals surface area contributed by atoms with Gasteiger partial charge < -0.3 is 10.1 Å². The third-order valence-electron chi connectivity index (χ3n) is 2.17. The van der Waals surface area contributed by atoms with Crippen LogP contribution in [0.4, 0.5) is 0 Å². The quantitative estimate of drug-likeness (QED) is 0.802. The second kappa shape index (κ2) is 6.43. The van der Waals surface area contributed by atoms with Gasteiger partial charge in [0.05, 0.1) is 18.5 Å². The van der Waals surface area contributed by atoms with E-state index >= 15 is 0 Å². The lowest BCUT2D eigenvalue weighted by Gasteiger charge is -2.12. The Morgan fingerprint density at radius 1 is 1.44 bits per heavy atom. The first-order valence-electron chi connectivity index (χ1n) is 5.82. The molecule has 0 saturated carbocycles. The number of aromatic nitrogens is 2. The Bertz CT molecular complexity index is 326. The molecule has 0 saturated heterocycles. The van der Waals surface area contributed by atoms with E-state index in [0.717, 1.165) is 23.7 Å². The molecule has 0 aromatic carbocycles. The highest BCUT2D eigenvalue weighted by atomic mass is 16.5. The van der Waals surface area contributed by atoms with Crippen molar-refractivity contribution >= 4 is 0 Å². The van der Waals surface area contributed by atoms with E-state index in [1.165, 1.54) is 0 Å². The second-order valence-electron chi connectivity index (χ2n) is 4.07. The molecule has 90 valence electrons. The Balaban J connectivity index is 2.89. The second-order valence-corrected chi connectivity index (χ2v) is 4.07. The van der Waals surface area contributed by atoms with Gasteiger partial charge in [-0.25, -0.2) is 9.97 Å². The van der Waals surface area contributed by atoms with Crippen molar-refractivity contribution in [2.75, 3.05) is 13.7 Å². The van der Waals surface area contributed by atoms with Gasteiger partial charge in [0.2, 0.25) is 0 Å². The maximum absolute atomic E-state index is 5.61. The first kappa shape index (κ1) is 12.9. The highest BCUT2D eigenvalue weighted by Crippen LogP contribution is 2.18. The van der Waals surface area contributed by atoms with Crippen LogP contribution in [0, 0.1) is 0 Å². The summed E-state index contributed by atoms with van der Waals surface area (Å²) >= 11 is 0. The first-order chi connectivity index (χ1) is 7.69. The van der Waals surface area contributed by atoms with E-state index in [-0.39, 0.29) is 0 Å². The van der Waals surface area contributed by atoms with Gasteiger partial charge in [-0.05, 0) is 13.5 Å². The monoisotopic (exact) mass is 223 g/mol. The molecule has 0 amide bonds. The molecule has 0 aliphatic heterocycles. The van der Waals surface area contributed by atoms with Gasteiger partial charge in [0.1, 0.15) is 5.82 Å². The largest absolute Gasteiger partial charge is 0.490 e. The topological polar surface area (TPSA) is 47.0 Å². The molecule has 0 aliphatic carbocycles. The fourth-order valence-corrected chi connectivity index (χ4v) is 1.33. The summed E-state index contributed by atoms with van der Waals surface area (Å²) in [6, 6.07) is 0. The minimum absolute atomic E-state index is 0.343. The molecule has 0 aliphatic rings. The molecule has 1 heterocycles. The minimum atomic E-state index is 0.343. The highest BCUT2D eigenvalue weighted by molar-refractivity contribution is 5.25. The van der Waals surface area contributed by atoms with Crippen molar-refractivity contribution in [2.45, 2.75) is 39.7 Å². The predicted octanol–water partition coefficient (Wildman–Crippen LogP) is 2.11. The van der Waals surface area contributed by atoms with Crippen LogP contribution in [0.3, 0.4) is 0 Å². The van der Waals surface area contributed by atoms with E-state index in [4.69, 9.17) is 4.74 Å². The van der Waals surface area contributed by atoms with Crippen molar-refractivity contribution in [1.29, 1.82) is 0 Å². The number of hydrogen-bond acceptors (Lipinski definition) is 4. The lowest BCUT2D eigenvalue weighted by atomic mass is 10.2. The van der Waals surface area contributed by atoms with Gasteiger partial charge in [-0.15, -0.1) is 0 Å². The van der Waals surface area contributed by atoms with Crippen LogP contribution in [-0.4, -0.2) is 23.6 Å². The summed E-state index contributed by atoms with van der Waals surface area (Å²) < 4.78 is 5.61. The zero-order valence-electron chi connectivity index (χ0n) is 10.6. The van der Waals surface area contributed by atoms with E-state index in [2.05, 4.69) is 36.1 Å². The number of nitrogens with zero attached hydrogens (tertiary/aromatic N) is 2. The molecule has 4 nitrogen and oxygen atoms in total. The van der Waals surface area contributed by atoms with Crippen LogP contribution >= 0.6 is 0 Å². The van der Waals surface area contributed by atoms with E-state index in [1.54, 1.807) is 6.20 Å². The van der Waals surface area contributed by atoms with Crippen LogP contribution in [-0.2, 0) is 6.54 Å². The van der Waals surface area contributed by atoms with Crippen molar-refractivity contribution in [2.24, 2.45) is 0 Å². The lowest BCUT2D eigenvalue weighted by molar-refractivity contribution is 0.309. The van der Waals surface area contributed by atoms with Gasteiger partial charge in [-0.3, -0.25) is 0 Å². The van der Waals surface area contributed by atoms with Crippen molar-refractivity contribution in [1.82, 2.24) is 15.3 Å². The fourth-order valence-electron chi connectivity index (χ4n) is 1.33. The minimum Gasteiger partial charge on any atom is -0.490 e. The normalized spacial score (nSPS) is 10.8. The van der Waals surface area contributed by atoms with Crippen molar-refractivity contribution in [3.63, 3.8) is 0 Å². The molecule has 4 heteroatoms. The number of rotatable bonds is 6. The van der Waals surface area contributed by atoms with Crippen LogP contribution < -0.4 is 10.1 Å². The third-order valence-corrected chi connectivity index (χ3v) is 2.17. The van der Waals surface area contributed by atoms with Crippen LogP contribution in [0.1, 0.15) is 44.6 Å². The zero-order valence-corrected chi connectivity index (χ0v) is 10.6. The van der Waals surface area contributed by atoms with Gasteiger partial charge in [0.15, 0.2) is 5.75 Å². The average Bonchev–Trinajstić information content (AvgIpc) is 2.27. The van der Waals surface area contributed by atoms with Gasteiger partial charge in [-0.2, -0.15) is 0 Å². The predicted molar refractivity (Wildman–Crippen MR) is 64.7 cm³/mol. The molecule has 16 heavy (non-hydrogen) atoms. The maximum Gasteiger partial charge on any atom is 0.160 e. The van der Waals surface area contributed by atoms with Crippen molar-refractivity contribution < 1.29 is 4.74 Å². The lowest BCUT2D eigenvalue weighted by Crippen LogP contribution is -2.12. The number of hydrogen-bond donors (Lipinski definition) is 1. The van der Waals surface area contributed by atoms with E-state index in [0.29, 0.717) is 19.1 Å². The van der Waals surface area contributed by atoms with E-state index in [1.807, 2.05) is 7.05 Å². The Hall–Kier alpha value is -1.16. The summed E-state index contributed by atoms with van der Waals surface area (Å²) in [7, 11) is 1.90. The molecule has 1 N–H and O–H groups in total. The van der Waals surface area contributed by atoms with Crippen molar-refractivity contribution in [3.05, 3.63) is 17.7 Å². The Labute approximate surface area is 97.5 Å². The summed E-state index contributed by atoms with van der Waals surface area (Å²) in [4.78, 5) is 8.83. The van der Waals surface area contributed by atoms with Gasteiger partial charge in [0, 0.05) is 12.5 Å². The Morgan fingerprint density at radius 3 is 2.75 bits per heavy atom. The molecule has 0 fully saturated rings. The third kappa shape index (κ3) is 3.45. The van der Waals surface area contributed by atoms with Gasteiger partial charge in [0.25, 0.3) is 0 Å². The van der Waals surface area contributed by atoms with Crippen LogP contribution in [0.25, 0.3) is 0 Å². The molecular formula is C12H21N3O. The average molecular weight is 223 g/mol. The van der Waals surface area contributed by atoms with Crippen LogP contribution in [0.15, 0.2) is 6.20 Å². The molecular weight excluding hydrogens is 202 g/mol. The summed E-state index contributed by atoms with van der Waals surface area (Å²) in [5.41, 5.74) is 0.939. The van der Waals surface area contributed by atoms with Crippen molar-refractivity contribution in [3.8, 4) is 5.75 Å². The van der Waals surface area contributed by atoms with Crippen LogP contribution in [0.5, 0.6) is 5.75 Å². The molecule has 0 atom stereocenters. The maximum atomic E-state index is 5.61. The summed E-state index contributed by atoms with van der Waals surface area (Å²) in [5.74, 6) is 2.01. The summed E-state index contributed by atoms with van der Waals surface area (Å²) in [6.45, 7) is 7.68. The molecule has 0 radical (unpaired) electrons. The SMILES string of the molecule is CCCOc1cnc(C(C)C)nc1CNC. The first-order valence-corrected chi connectivity index (χ1v) is 5.82. The van der Waals surface area contributed by atoms with E-state index in [9.17, 15) is 0 Å². The molecule has 1 rings (SSSR count). The molecule has 0 spiro atoms. The highest BCUT2D eigenvalue weighted by Gasteiger charge is 2.09. The van der Waals surface area contributed by atoms with Gasteiger partial charge in [-0.1, -0.05) is 20.8 Å². The smallest absolute Gasteiger partial charge is 0.160 e. The molecule has 1 aromatic heterocycles. The van der Waals surface area contributed by atoms with Crippen LogP contribution in [0.2, 0.25) is 0 Å². The molecule has 1 aromatic rings. The molecule has 0 unspecified atom stereocenters. The Morgan fingerprint density at radius 2 is 2.19 bits per heavy atom. The summed E-state index contributed by atoms with van der Waals surface area (Å²) in [5, 5.41) is 3.10. The molecule has 0 bridgehead atoms. The zero-order chi connectivity index (χ0) is 12.0. The number of nitrogens with one attached hydrogen (secondary N) is 1. The van der Waals surface area contributed by atoms with Gasteiger partial charge >= 0.3 is 0 Å². The number of ether oxygens (including phenoxy) is 1. The standard InChI is InChI=1S/C12H21N3O/c1-5-6-16-11-8-14-12(9(2)3)15-10(11)7-13-4/h8-9,13H,5-7H2,1-4H3. The van der Waals surface area contributed by atoms with E-state index < -0.39 is 0 Å². The Kier molecular flexibility index (Phi) is 5.19. The fraction of sp³-hybridized carbons (Fsp3) is 0.667. The summed E-state index contributed by atoms with van der Waals surface area (Å²) in [6.07, 6.45) is 2.77.